The van der Waals surface area contributed by atoms with E-state index in [1.54, 1.807) is 0 Å². The summed E-state index contributed by atoms with van der Waals surface area (Å²) < 4.78 is 6.84. The molecule has 0 aliphatic heterocycles. The summed E-state index contributed by atoms with van der Waals surface area (Å²) in [4.78, 5) is 0. The summed E-state index contributed by atoms with van der Waals surface area (Å²) in [6, 6.07) is 0. The third-order valence-electron chi connectivity index (χ3n) is 8.53. The van der Waals surface area contributed by atoms with Gasteiger partial charge in [0.25, 0.3) is 0 Å². The van der Waals surface area contributed by atoms with Crippen molar-refractivity contribution in [2.24, 2.45) is 11.3 Å². The molecule has 0 N–H and O–H groups in total. The molecule has 0 amide bonds. The number of rotatable bonds is 11. The van der Waals surface area contributed by atoms with Crippen LogP contribution < -0.4 is 0 Å². The third-order valence-corrected chi connectivity index (χ3v) is 21.3. The van der Waals surface area contributed by atoms with Crippen LogP contribution in [0.1, 0.15) is 55.4 Å². The molecule has 29 heavy (non-hydrogen) atoms. The highest BCUT2D eigenvalue weighted by Crippen LogP contribution is 2.60. The molecule has 0 spiro atoms. The van der Waals surface area contributed by atoms with Crippen molar-refractivity contribution in [2.75, 3.05) is 36.7 Å². The smallest absolute Gasteiger partial charge is 0.111 e. The maximum Gasteiger partial charge on any atom is 0.111 e. The highest BCUT2D eigenvalue weighted by Gasteiger charge is 2.49. The zero-order valence-corrected chi connectivity index (χ0v) is 23.9. The van der Waals surface area contributed by atoms with E-state index < -0.39 is 21.3 Å². The molecule has 0 aromatic rings. The summed E-state index contributed by atoms with van der Waals surface area (Å²) in [5.41, 5.74) is 1.51. The maximum absolute atomic E-state index is 6.84. The third kappa shape index (κ3) is 6.35. The molecule has 1 fully saturated rings. The van der Waals surface area contributed by atoms with Gasteiger partial charge < -0.3 is 4.74 Å². The first-order valence-electron chi connectivity index (χ1n) is 11.5. The molecule has 0 aromatic carbocycles. The van der Waals surface area contributed by atoms with Crippen LogP contribution in [0, 0.1) is 11.3 Å². The molecule has 5 heteroatoms. The molecular weight excluding hydrogens is 408 g/mol. The zero-order chi connectivity index (χ0) is 22.8. The van der Waals surface area contributed by atoms with Crippen LogP contribution in [0.5, 0.6) is 0 Å². The van der Waals surface area contributed by atoms with Crippen molar-refractivity contribution in [1.82, 2.24) is 0 Å². The second kappa shape index (κ2) is 10.1. The minimum absolute atomic E-state index is 0.148. The quantitative estimate of drug-likeness (QED) is 0.200. The Hall–Kier alpha value is 0.665. The molecule has 0 aromatic heterocycles. The normalized spacial score (nSPS) is 28.3. The average molecular weight is 458 g/mol. The van der Waals surface area contributed by atoms with E-state index in [0.29, 0.717) is 11.7 Å². The lowest BCUT2D eigenvalue weighted by Gasteiger charge is -2.38. The lowest BCUT2D eigenvalue weighted by Crippen LogP contribution is -2.33. The van der Waals surface area contributed by atoms with Crippen molar-refractivity contribution in [3.63, 3.8) is 0 Å². The lowest BCUT2D eigenvalue weighted by molar-refractivity contribution is -0.0277. The molecule has 0 bridgehead atoms. The summed E-state index contributed by atoms with van der Waals surface area (Å²) >= 11 is 0. The predicted molar refractivity (Wildman–Crippen MR) is 153 cm³/mol. The fourth-order valence-electron chi connectivity index (χ4n) is 4.32. The molecular formula is C24H50BOP3. The van der Waals surface area contributed by atoms with Gasteiger partial charge in [-0.05, 0) is 67.7 Å². The van der Waals surface area contributed by atoms with Gasteiger partial charge in [-0.15, -0.1) is 32.7 Å². The molecule has 1 rings (SSSR count). The van der Waals surface area contributed by atoms with E-state index in [1.807, 2.05) is 0 Å². The largest absolute Gasteiger partial charge is 0.364 e. The Labute approximate surface area is 185 Å². The summed E-state index contributed by atoms with van der Waals surface area (Å²) in [7, 11) is 1.37. The first-order valence-corrected chi connectivity index (χ1v) is 18.5. The molecule has 1 saturated carbocycles. The van der Waals surface area contributed by atoms with Gasteiger partial charge in [-0.3, -0.25) is 0 Å². The van der Waals surface area contributed by atoms with Gasteiger partial charge in [0.05, 0.1) is 11.4 Å². The van der Waals surface area contributed by atoms with Crippen molar-refractivity contribution >= 4 is 48.1 Å². The highest BCUT2D eigenvalue weighted by molar-refractivity contribution is 7.84. The Kier molecular flexibility index (Phi) is 9.62. The first-order chi connectivity index (χ1) is 13.1. The number of ether oxygens (including phenoxy) is 1. The van der Waals surface area contributed by atoms with Gasteiger partial charge in [-0.1, -0.05) is 61.2 Å². The summed E-state index contributed by atoms with van der Waals surface area (Å²) in [6.45, 7) is 20.8. The van der Waals surface area contributed by atoms with Crippen molar-refractivity contribution in [2.45, 2.75) is 72.7 Å². The van der Waals surface area contributed by atoms with Gasteiger partial charge in [-0.25, -0.2) is 0 Å². The molecule has 1 aliphatic carbocycles. The summed E-state index contributed by atoms with van der Waals surface area (Å²) in [6.07, 6.45) is 20.7. The topological polar surface area (TPSA) is 9.23 Å². The molecule has 0 heterocycles. The van der Waals surface area contributed by atoms with Crippen LogP contribution >= 0.6 is 21.3 Å². The molecule has 2 unspecified atom stereocenters. The second-order valence-corrected chi connectivity index (χ2v) is 22.6. The van der Waals surface area contributed by atoms with Crippen LogP contribution in [0.4, 0.5) is 0 Å². The molecule has 1 aliphatic rings. The Morgan fingerprint density at radius 2 is 1.52 bits per heavy atom. The van der Waals surface area contributed by atoms with Crippen molar-refractivity contribution < 1.29 is 4.74 Å². The highest BCUT2D eigenvalue weighted by atomic mass is 31.2. The van der Waals surface area contributed by atoms with Crippen LogP contribution in [-0.2, 0) is 4.74 Å². The van der Waals surface area contributed by atoms with Gasteiger partial charge >= 0.3 is 0 Å². The zero-order valence-electron chi connectivity index (χ0n) is 21.1. The lowest BCUT2D eigenvalue weighted by atomic mass is 9.66. The number of hydrogen-bond donors (Lipinski definition) is 0. The van der Waals surface area contributed by atoms with Crippen LogP contribution in [0.3, 0.4) is 0 Å². The van der Waals surface area contributed by atoms with Crippen LogP contribution in [0.15, 0.2) is 12.2 Å². The molecule has 5 atom stereocenters. The van der Waals surface area contributed by atoms with E-state index in [4.69, 9.17) is 17.3 Å². The van der Waals surface area contributed by atoms with Gasteiger partial charge in [0.2, 0.25) is 0 Å². The van der Waals surface area contributed by atoms with Gasteiger partial charge in [0.1, 0.15) is 7.85 Å². The molecule has 0 saturated heterocycles. The monoisotopic (exact) mass is 458 g/mol. The van der Waals surface area contributed by atoms with Crippen molar-refractivity contribution in [1.29, 1.82) is 0 Å². The summed E-state index contributed by atoms with van der Waals surface area (Å²) in [5.74, 6) is 2.18. The van der Waals surface area contributed by atoms with E-state index in [9.17, 15) is 0 Å². The predicted octanol–water partition coefficient (Wildman–Crippen LogP) is 6.32. The SMILES string of the molecule is B[C@@H]1C(=C)[C@H](OC(C)(C)[PH](=C)CP(=C)(CC)CCP(=C)(CC)CC)[C@@H](C)C1(C)C. The van der Waals surface area contributed by atoms with E-state index in [1.165, 1.54) is 42.3 Å². The van der Waals surface area contributed by atoms with Crippen LogP contribution in [0.2, 0.25) is 5.82 Å². The molecule has 1 nitrogen and oxygen atoms in total. The van der Waals surface area contributed by atoms with Gasteiger partial charge in [0, 0.05) is 0 Å². The Bertz CT molecular complexity index is 699. The maximum atomic E-state index is 6.84. The Balaban J connectivity index is 2.91. The van der Waals surface area contributed by atoms with E-state index in [2.05, 4.69) is 76.1 Å². The average Bonchev–Trinajstić information content (AvgIpc) is 2.80. The van der Waals surface area contributed by atoms with Crippen molar-refractivity contribution in [3.05, 3.63) is 12.2 Å². The molecule has 0 radical (unpaired) electrons. The minimum atomic E-state index is -1.22. The second-order valence-electron chi connectivity index (χ2n) is 10.8. The van der Waals surface area contributed by atoms with Crippen molar-refractivity contribution in [3.8, 4) is 0 Å². The standard InChI is InChI=1S/C24H50BOP3/c1-13-28(11,14-2)16-17-29(12,15-3)18-27(10)24(8,9)26-21-19(4)22(25)23(6,7)20(21)5/h20-22,27H,4,10-18,25H2,1-3,5-9H3/t20-,21+,22-,29?/m1/s1. The summed E-state index contributed by atoms with van der Waals surface area (Å²) in [5, 5.41) is -0.170. The van der Waals surface area contributed by atoms with Gasteiger partial charge in [-0.2, -0.15) is 0 Å². The van der Waals surface area contributed by atoms with E-state index >= 15 is 0 Å². The Morgan fingerprint density at radius 3 is 1.90 bits per heavy atom. The fourth-order valence-corrected chi connectivity index (χ4v) is 15.7. The molecule has 170 valence electrons. The minimum Gasteiger partial charge on any atom is -0.364 e. The van der Waals surface area contributed by atoms with Crippen LogP contribution in [0.25, 0.3) is 0 Å². The van der Waals surface area contributed by atoms with Gasteiger partial charge in [0.15, 0.2) is 0 Å². The first kappa shape index (κ1) is 27.7. The number of hydrogen-bond acceptors (Lipinski definition) is 1. The van der Waals surface area contributed by atoms with Crippen LogP contribution in [-0.4, -0.2) is 74.9 Å². The van der Waals surface area contributed by atoms with E-state index in [-0.39, 0.29) is 16.9 Å². The Morgan fingerprint density at radius 1 is 1.07 bits per heavy atom. The van der Waals surface area contributed by atoms with E-state index in [0.717, 1.165) is 0 Å². The fraction of sp³-hybridized carbons (Fsp3) is 0.792.